The first kappa shape index (κ1) is 14.1. The van der Waals surface area contributed by atoms with Crippen molar-refractivity contribution in [3.8, 4) is 11.5 Å². The Bertz CT molecular complexity index is 591. The second-order valence-electron chi connectivity index (χ2n) is 4.66. The highest BCUT2D eigenvalue weighted by Gasteiger charge is 2.12. The maximum Gasteiger partial charge on any atom is 0.133 e. The molecule has 0 spiro atoms. The molecular weight excluding hydrogens is 304 g/mol. The Morgan fingerprint density at radius 2 is 1.84 bits per heavy atom. The lowest BCUT2D eigenvalue weighted by Crippen LogP contribution is -1.97. The molecule has 0 aliphatic carbocycles. The SMILES string of the molecule is Cc1cccc(Oc2ccc(Br)cc2C(C)O)c1C. The fraction of sp³-hybridized carbons (Fsp3) is 0.250. The van der Waals surface area contributed by atoms with Gasteiger partial charge in [-0.05, 0) is 56.2 Å². The van der Waals surface area contributed by atoms with Crippen molar-refractivity contribution in [1.82, 2.24) is 0 Å². The fourth-order valence-corrected chi connectivity index (χ4v) is 2.27. The quantitative estimate of drug-likeness (QED) is 0.870. The molecule has 0 fully saturated rings. The van der Waals surface area contributed by atoms with Crippen LogP contribution in [0, 0.1) is 13.8 Å². The highest BCUT2D eigenvalue weighted by molar-refractivity contribution is 9.10. The van der Waals surface area contributed by atoms with E-state index in [9.17, 15) is 5.11 Å². The topological polar surface area (TPSA) is 29.5 Å². The number of hydrogen-bond acceptors (Lipinski definition) is 2. The van der Waals surface area contributed by atoms with E-state index in [4.69, 9.17) is 4.74 Å². The van der Waals surface area contributed by atoms with E-state index < -0.39 is 6.10 Å². The Morgan fingerprint density at radius 3 is 2.53 bits per heavy atom. The van der Waals surface area contributed by atoms with E-state index in [1.165, 1.54) is 5.56 Å². The van der Waals surface area contributed by atoms with Crippen molar-refractivity contribution in [2.75, 3.05) is 0 Å². The normalized spacial score (nSPS) is 12.3. The summed E-state index contributed by atoms with van der Waals surface area (Å²) in [7, 11) is 0. The Morgan fingerprint density at radius 1 is 1.11 bits per heavy atom. The molecule has 1 N–H and O–H groups in total. The van der Waals surface area contributed by atoms with Gasteiger partial charge in [-0.25, -0.2) is 0 Å². The maximum atomic E-state index is 9.83. The Hall–Kier alpha value is -1.32. The van der Waals surface area contributed by atoms with Gasteiger partial charge in [0.15, 0.2) is 0 Å². The molecule has 0 aliphatic rings. The maximum absolute atomic E-state index is 9.83. The summed E-state index contributed by atoms with van der Waals surface area (Å²) in [5.74, 6) is 1.51. The summed E-state index contributed by atoms with van der Waals surface area (Å²) >= 11 is 3.41. The van der Waals surface area contributed by atoms with Gasteiger partial charge < -0.3 is 9.84 Å². The fourth-order valence-electron chi connectivity index (χ4n) is 1.89. The average Bonchev–Trinajstić information content (AvgIpc) is 2.36. The summed E-state index contributed by atoms with van der Waals surface area (Å²) in [4.78, 5) is 0. The Balaban J connectivity index is 2.41. The number of hydrogen-bond donors (Lipinski definition) is 1. The van der Waals surface area contributed by atoms with E-state index in [0.717, 1.165) is 21.3 Å². The van der Waals surface area contributed by atoms with Crippen molar-refractivity contribution < 1.29 is 9.84 Å². The summed E-state index contributed by atoms with van der Waals surface area (Å²) in [6, 6.07) is 11.6. The van der Waals surface area contributed by atoms with Crippen molar-refractivity contribution in [1.29, 1.82) is 0 Å². The Labute approximate surface area is 122 Å². The summed E-state index contributed by atoms with van der Waals surface area (Å²) in [6.45, 7) is 5.82. The van der Waals surface area contributed by atoms with Gasteiger partial charge in [0.1, 0.15) is 11.5 Å². The van der Waals surface area contributed by atoms with Crippen LogP contribution in [0.4, 0.5) is 0 Å². The number of rotatable bonds is 3. The molecule has 19 heavy (non-hydrogen) atoms. The lowest BCUT2D eigenvalue weighted by atomic mass is 10.1. The molecule has 2 aromatic rings. The molecule has 0 saturated carbocycles. The molecule has 0 amide bonds. The van der Waals surface area contributed by atoms with Crippen LogP contribution in [-0.2, 0) is 0 Å². The van der Waals surface area contributed by atoms with Gasteiger partial charge in [-0.15, -0.1) is 0 Å². The van der Waals surface area contributed by atoms with Gasteiger partial charge in [0.05, 0.1) is 6.10 Å². The molecule has 2 rings (SSSR count). The standard InChI is InChI=1S/C16H17BrO2/c1-10-5-4-6-15(11(10)2)19-16-8-7-13(17)9-14(16)12(3)18/h4-9,12,18H,1-3H3. The van der Waals surface area contributed by atoms with Crippen LogP contribution >= 0.6 is 15.9 Å². The van der Waals surface area contributed by atoms with E-state index in [0.29, 0.717) is 5.75 Å². The molecule has 0 aromatic heterocycles. The van der Waals surface area contributed by atoms with E-state index in [1.54, 1.807) is 6.92 Å². The lowest BCUT2D eigenvalue weighted by molar-refractivity contribution is 0.195. The zero-order valence-corrected chi connectivity index (χ0v) is 12.9. The highest BCUT2D eigenvalue weighted by Crippen LogP contribution is 2.33. The second kappa shape index (κ2) is 5.76. The predicted molar refractivity (Wildman–Crippen MR) is 80.8 cm³/mol. The lowest BCUT2D eigenvalue weighted by Gasteiger charge is -2.15. The van der Waals surface area contributed by atoms with Crippen LogP contribution < -0.4 is 4.74 Å². The van der Waals surface area contributed by atoms with Gasteiger partial charge in [-0.3, -0.25) is 0 Å². The molecule has 0 aliphatic heterocycles. The van der Waals surface area contributed by atoms with Crippen LogP contribution in [0.3, 0.4) is 0 Å². The zero-order chi connectivity index (χ0) is 14.0. The minimum atomic E-state index is -0.572. The number of aliphatic hydroxyl groups excluding tert-OH is 1. The molecular formula is C16H17BrO2. The van der Waals surface area contributed by atoms with Crippen molar-refractivity contribution in [3.63, 3.8) is 0 Å². The van der Waals surface area contributed by atoms with Crippen LogP contribution in [0.2, 0.25) is 0 Å². The third kappa shape index (κ3) is 3.17. The first-order chi connectivity index (χ1) is 8.99. The number of halogens is 1. The number of benzene rings is 2. The molecule has 2 nitrogen and oxygen atoms in total. The minimum absolute atomic E-state index is 0.572. The number of ether oxygens (including phenoxy) is 1. The number of aliphatic hydroxyl groups is 1. The first-order valence-corrected chi connectivity index (χ1v) is 7.00. The molecule has 0 heterocycles. The molecule has 2 aromatic carbocycles. The van der Waals surface area contributed by atoms with Gasteiger partial charge >= 0.3 is 0 Å². The Kier molecular flexibility index (Phi) is 4.27. The third-order valence-corrected chi connectivity index (χ3v) is 3.69. The largest absolute Gasteiger partial charge is 0.457 e. The molecule has 3 heteroatoms. The van der Waals surface area contributed by atoms with Crippen LogP contribution in [0.5, 0.6) is 11.5 Å². The van der Waals surface area contributed by atoms with Gasteiger partial charge in [0.2, 0.25) is 0 Å². The average molecular weight is 321 g/mol. The summed E-state index contributed by atoms with van der Waals surface area (Å²) in [6.07, 6.45) is -0.572. The van der Waals surface area contributed by atoms with Gasteiger partial charge in [0, 0.05) is 10.0 Å². The molecule has 1 unspecified atom stereocenters. The van der Waals surface area contributed by atoms with Crippen LogP contribution in [0.1, 0.15) is 29.7 Å². The van der Waals surface area contributed by atoms with E-state index in [1.807, 2.05) is 37.3 Å². The highest BCUT2D eigenvalue weighted by atomic mass is 79.9. The smallest absolute Gasteiger partial charge is 0.133 e. The van der Waals surface area contributed by atoms with E-state index in [-0.39, 0.29) is 0 Å². The summed E-state index contributed by atoms with van der Waals surface area (Å²) in [5.41, 5.74) is 3.07. The van der Waals surface area contributed by atoms with Gasteiger partial charge in [-0.1, -0.05) is 28.1 Å². The molecule has 0 saturated heterocycles. The minimum Gasteiger partial charge on any atom is -0.457 e. The predicted octanol–water partition coefficient (Wildman–Crippen LogP) is 4.91. The monoisotopic (exact) mass is 320 g/mol. The first-order valence-electron chi connectivity index (χ1n) is 6.20. The summed E-state index contributed by atoms with van der Waals surface area (Å²) in [5, 5.41) is 9.83. The van der Waals surface area contributed by atoms with Crippen LogP contribution in [-0.4, -0.2) is 5.11 Å². The van der Waals surface area contributed by atoms with Crippen molar-refractivity contribution >= 4 is 15.9 Å². The van der Waals surface area contributed by atoms with Gasteiger partial charge in [-0.2, -0.15) is 0 Å². The molecule has 0 radical (unpaired) electrons. The van der Waals surface area contributed by atoms with E-state index in [2.05, 4.69) is 28.9 Å². The van der Waals surface area contributed by atoms with Crippen LogP contribution in [0.15, 0.2) is 40.9 Å². The number of aryl methyl sites for hydroxylation is 1. The summed E-state index contributed by atoms with van der Waals surface area (Å²) < 4.78 is 6.88. The van der Waals surface area contributed by atoms with Crippen LogP contribution in [0.25, 0.3) is 0 Å². The van der Waals surface area contributed by atoms with Gasteiger partial charge in [0.25, 0.3) is 0 Å². The molecule has 100 valence electrons. The van der Waals surface area contributed by atoms with Crippen molar-refractivity contribution in [3.05, 3.63) is 57.6 Å². The third-order valence-electron chi connectivity index (χ3n) is 3.20. The molecule has 1 atom stereocenters. The van der Waals surface area contributed by atoms with Crippen molar-refractivity contribution in [2.45, 2.75) is 26.9 Å². The molecule has 0 bridgehead atoms. The second-order valence-corrected chi connectivity index (χ2v) is 5.57. The zero-order valence-electron chi connectivity index (χ0n) is 11.3. The van der Waals surface area contributed by atoms with Crippen molar-refractivity contribution in [2.24, 2.45) is 0 Å². The van der Waals surface area contributed by atoms with E-state index >= 15 is 0 Å².